The lowest BCUT2D eigenvalue weighted by Gasteiger charge is -2.18. The number of alkyl carbamates (subject to hydrolysis) is 1. The van der Waals surface area contributed by atoms with E-state index in [0.717, 1.165) is 5.56 Å². The Bertz CT molecular complexity index is 1030. The number of amides is 2. The summed E-state index contributed by atoms with van der Waals surface area (Å²) in [5, 5.41) is 10.3. The van der Waals surface area contributed by atoms with Crippen LogP contribution >= 0.6 is 0 Å². The van der Waals surface area contributed by atoms with Crippen molar-refractivity contribution in [1.82, 2.24) is 10.8 Å². The summed E-state index contributed by atoms with van der Waals surface area (Å²) in [6, 6.07) is 13.3. The molecular formula is C22H28N2O8S. The zero-order valence-corrected chi connectivity index (χ0v) is 19.3. The zero-order chi connectivity index (χ0) is 24.3. The van der Waals surface area contributed by atoms with E-state index < -0.39 is 33.5 Å². The van der Waals surface area contributed by atoms with Crippen LogP contribution in [0.25, 0.3) is 0 Å². The van der Waals surface area contributed by atoms with Gasteiger partial charge in [-0.2, -0.15) is 0 Å². The van der Waals surface area contributed by atoms with E-state index in [1.807, 2.05) is 30.3 Å². The molecule has 2 rings (SSSR count). The van der Waals surface area contributed by atoms with Crippen molar-refractivity contribution in [3.8, 4) is 11.5 Å². The molecule has 0 aromatic heterocycles. The fourth-order valence-corrected chi connectivity index (χ4v) is 4.86. The Hall–Kier alpha value is -3.31. The predicted molar refractivity (Wildman–Crippen MR) is 119 cm³/mol. The first-order valence-electron chi connectivity index (χ1n) is 10.1. The number of hydrogen-bond donors (Lipinski definition) is 3. The van der Waals surface area contributed by atoms with Gasteiger partial charge in [0.25, 0.3) is 0 Å². The van der Waals surface area contributed by atoms with Gasteiger partial charge in [0.1, 0.15) is 6.61 Å². The zero-order valence-electron chi connectivity index (χ0n) is 18.4. The lowest BCUT2D eigenvalue weighted by Crippen LogP contribution is -2.31. The maximum absolute atomic E-state index is 13.2. The van der Waals surface area contributed by atoms with Crippen LogP contribution in [-0.4, -0.2) is 51.6 Å². The lowest BCUT2D eigenvalue weighted by atomic mass is 10.2. The molecule has 180 valence electrons. The Kier molecular flexibility index (Phi) is 9.95. The number of ether oxygens (including phenoxy) is 3. The molecule has 2 amide bonds. The molecule has 0 fully saturated rings. The Morgan fingerprint density at radius 2 is 1.73 bits per heavy atom. The van der Waals surface area contributed by atoms with Gasteiger partial charge in [0, 0.05) is 19.0 Å². The number of hydroxylamine groups is 1. The number of hydrogen-bond acceptors (Lipinski definition) is 8. The van der Waals surface area contributed by atoms with Crippen molar-refractivity contribution in [3.63, 3.8) is 0 Å². The molecule has 0 spiro atoms. The molecule has 0 saturated heterocycles. The molecule has 0 aliphatic rings. The summed E-state index contributed by atoms with van der Waals surface area (Å²) in [5.41, 5.74) is 2.30. The second-order valence-corrected chi connectivity index (χ2v) is 9.28. The van der Waals surface area contributed by atoms with Crippen molar-refractivity contribution >= 4 is 21.8 Å². The van der Waals surface area contributed by atoms with Crippen LogP contribution in [0.3, 0.4) is 0 Å². The Balaban J connectivity index is 1.99. The van der Waals surface area contributed by atoms with Gasteiger partial charge in [0.15, 0.2) is 21.3 Å². The highest BCUT2D eigenvalue weighted by molar-refractivity contribution is 7.92. The van der Waals surface area contributed by atoms with E-state index in [0.29, 0.717) is 5.75 Å². The molecule has 0 heterocycles. The highest BCUT2D eigenvalue weighted by Gasteiger charge is 2.30. The van der Waals surface area contributed by atoms with Crippen molar-refractivity contribution in [3.05, 3.63) is 54.1 Å². The number of carbonyl (C=O) groups is 2. The number of rotatable bonds is 12. The van der Waals surface area contributed by atoms with Gasteiger partial charge >= 0.3 is 6.09 Å². The van der Waals surface area contributed by atoms with Crippen LogP contribution < -0.4 is 20.3 Å². The van der Waals surface area contributed by atoms with E-state index in [9.17, 15) is 18.0 Å². The van der Waals surface area contributed by atoms with Crippen molar-refractivity contribution in [2.24, 2.45) is 0 Å². The van der Waals surface area contributed by atoms with Crippen LogP contribution in [0.15, 0.2) is 53.4 Å². The van der Waals surface area contributed by atoms with Gasteiger partial charge < -0.3 is 19.5 Å². The molecule has 11 heteroatoms. The number of nitrogens with one attached hydrogen (secondary N) is 2. The summed E-state index contributed by atoms with van der Waals surface area (Å²) in [6.45, 7) is 0.256. The minimum Gasteiger partial charge on any atom is -0.493 e. The largest absolute Gasteiger partial charge is 0.493 e. The van der Waals surface area contributed by atoms with Gasteiger partial charge in [-0.15, -0.1) is 0 Å². The van der Waals surface area contributed by atoms with Crippen molar-refractivity contribution < 1.29 is 37.4 Å². The molecule has 1 atom stereocenters. The predicted octanol–water partition coefficient (Wildman–Crippen LogP) is 2.45. The molecule has 0 aliphatic heterocycles. The Morgan fingerprint density at radius 1 is 1.03 bits per heavy atom. The second kappa shape index (κ2) is 12.7. The fraction of sp³-hybridized carbons (Fsp3) is 0.364. The molecule has 2 aromatic rings. The first kappa shape index (κ1) is 25.9. The van der Waals surface area contributed by atoms with Crippen molar-refractivity contribution in [2.45, 2.75) is 36.0 Å². The molecule has 2 aromatic carbocycles. The van der Waals surface area contributed by atoms with Crippen LogP contribution in [0.4, 0.5) is 4.79 Å². The number of methoxy groups -OCH3 is 2. The molecule has 0 saturated carbocycles. The van der Waals surface area contributed by atoms with Gasteiger partial charge in [-0.3, -0.25) is 10.0 Å². The van der Waals surface area contributed by atoms with Gasteiger partial charge in [0.05, 0.1) is 24.4 Å². The highest BCUT2D eigenvalue weighted by atomic mass is 32.2. The molecule has 0 radical (unpaired) electrons. The normalized spacial score (nSPS) is 11.8. The summed E-state index contributed by atoms with van der Waals surface area (Å²) in [5.74, 6) is -0.245. The van der Waals surface area contributed by atoms with Gasteiger partial charge in [-0.1, -0.05) is 30.3 Å². The molecule has 0 aliphatic carbocycles. The van der Waals surface area contributed by atoms with Crippen LogP contribution in [0.5, 0.6) is 11.5 Å². The van der Waals surface area contributed by atoms with Gasteiger partial charge in [-0.05, 0) is 30.5 Å². The summed E-state index contributed by atoms with van der Waals surface area (Å²) in [4.78, 5) is 23.5. The summed E-state index contributed by atoms with van der Waals surface area (Å²) in [7, 11) is -1.15. The number of carbonyl (C=O) groups excluding carboxylic acids is 2. The topological polar surface area (TPSA) is 140 Å². The average molecular weight is 481 g/mol. The van der Waals surface area contributed by atoms with Crippen LogP contribution in [0, 0.1) is 0 Å². The van der Waals surface area contributed by atoms with E-state index >= 15 is 0 Å². The maximum atomic E-state index is 13.2. The van der Waals surface area contributed by atoms with Crippen LogP contribution in [-0.2, 0) is 26.0 Å². The number of benzene rings is 2. The third-order valence-electron chi connectivity index (χ3n) is 4.85. The minimum atomic E-state index is -3.96. The standard InChI is InChI=1S/C22H28N2O8S/c1-30-19-11-10-18(13-20(19)31-2)33(28,29)17(14-21(25)24-27)9-6-12-23-22(26)32-15-16-7-4-3-5-8-16/h3-5,7-8,10-11,13,17,27H,6,9,12,14-15H2,1-2H3,(H,23,26)(H,24,25). The third-order valence-corrected chi connectivity index (χ3v) is 7.04. The van der Waals surface area contributed by atoms with E-state index in [1.165, 1.54) is 37.9 Å². The second-order valence-electron chi connectivity index (χ2n) is 7.05. The Morgan fingerprint density at radius 3 is 2.36 bits per heavy atom. The first-order chi connectivity index (χ1) is 15.8. The van der Waals surface area contributed by atoms with Gasteiger partial charge in [-0.25, -0.2) is 18.7 Å². The molecule has 1 unspecified atom stereocenters. The highest BCUT2D eigenvalue weighted by Crippen LogP contribution is 2.32. The van der Waals surface area contributed by atoms with E-state index in [4.69, 9.17) is 19.4 Å². The number of sulfone groups is 1. The van der Waals surface area contributed by atoms with E-state index in [2.05, 4.69) is 5.32 Å². The first-order valence-corrected chi connectivity index (χ1v) is 11.7. The van der Waals surface area contributed by atoms with Crippen molar-refractivity contribution in [2.75, 3.05) is 20.8 Å². The third kappa shape index (κ3) is 7.65. The molecule has 33 heavy (non-hydrogen) atoms. The molecule has 3 N–H and O–H groups in total. The molecule has 0 bridgehead atoms. The van der Waals surface area contributed by atoms with Crippen LogP contribution in [0.2, 0.25) is 0 Å². The monoisotopic (exact) mass is 480 g/mol. The smallest absolute Gasteiger partial charge is 0.407 e. The minimum absolute atomic E-state index is 0.0499. The van der Waals surface area contributed by atoms with E-state index in [1.54, 1.807) is 0 Å². The summed E-state index contributed by atoms with van der Waals surface area (Å²) >= 11 is 0. The maximum Gasteiger partial charge on any atom is 0.407 e. The Labute approximate surface area is 192 Å². The van der Waals surface area contributed by atoms with Crippen LogP contribution in [0.1, 0.15) is 24.8 Å². The summed E-state index contributed by atoms with van der Waals surface area (Å²) < 4.78 is 41.7. The SMILES string of the molecule is COc1ccc(S(=O)(=O)C(CCCNC(=O)OCc2ccccc2)CC(=O)NO)cc1OC. The molecular weight excluding hydrogens is 452 g/mol. The molecule has 10 nitrogen and oxygen atoms in total. The average Bonchev–Trinajstić information content (AvgIpc) is 2.84. The van der Waals surface area contributed by atoms with Crippen molar-refractivity contribution in [1.29, 1.82) is 0 Å². The lowest BCUT2D eigenvalue weighted by molar-refractivity contribution is -0.129. The summed E-state index contributed by atoms with van der Waals surface area (Å²) in [6.07, 6.45) is -0.767. The van der Waals surface area contributed by atoms with Gasteiger partial charge in [0.2, 0.25) is 5.91 Å². The fourth-order valence-electron chi connectivity index (χ4n) is 3.10. The quantitative estimate of drug-likeness (QED) is 0.239. The van der Waals surface area contributed by atoms with E-state index in [-0.39, 0.29) is 36.6 Å².